The van der Waals surface area contributed by atoms with Gasteiger partial charge in [-0.25, -0.2) is 0 Å². The number of nitrogens with one attached hydrogen (secondary N) is 1. The first kappa shape index (κ1) is 11.0. The zero-order valence-corrected chi connectivity index (χ0v) is 9.03. The van der Waals surface area contributed by atoms with Crippen molar-refractivity contribution in [2.24, 2.45) is 0 Å². The van der Waals surface area contributed by atoms with Crippen molar-refractivity contribution in [3.63, 3.8) is 0 Å². The molecule has 1 aromatic carbocycles. The van der Waals surface area contributed by atoms with Crippen molar-refractivity contribution < 1.29 is 0 Å². The molecule has 1 nitrogen and oxygen atoms in total. The summed E-state index contributed by atoms with van der Waals surface area (Å²) in [5, 5.41) is 3.41. The van der Waals surface area contributed by atoms with Crippen molar-refractivity contribution in [1.82, 2.24) is 5.32 Å². The van der Waals surface area contributed by atoms with Crippen LogP contribution < -0.4 is 5.32 Å². The molecule has 1 aromatic rings. The Hall–Kier alpha value is -1.08. The molecule has 0 radical (unpaired) electrons. The van der Waals surface area contributed by atoms with Crippen LogP contribution in [-0.2, 0) is 0 Å². The molecule has 0 aliphatic carbocycles. The molecule has 0 amide bonds. The van der Waals surface area contributed by atoms with Gasteiger partial charge < -0.3 is 5.32 Å². The molecule has 0 saturated carbocycles. The van der Waals surface area contributed by atoms with Crippen LogP contribution in [0.15, 0.2) is 43.0 Å². The molecule has 0 aliphatic rings. The lowest BCUT2D eigenvalue weighted by Gasteiger charge is -2.15. The third kappa shape index (κ3) is 3.35. The molecule has 76 valence electrons. The van der Waals surface area contributed by atoms with Gasteiger partial charge in [0.15, 0.2) is 0 Å². The molecule has 1 N–H and O–H groups in total. The Labute approximate surface area is 86.8 Å². The molecule has 0 bridgehead atoms. The molecule has 2 unspecified atom stereocenters. The maximum Gasteiger partial charge on any atom is 0.0219 e. The molecule has 1 rings (SSSR count). The van der Waals surface area contributed by atoms with Gasteiger partial charge in [-0.3, -0.25) is 0 Å². The van der Waals surface area contributed by atoms with Crippen molar-refractivity contribution in [1.29, 1.82) is 0 Å². The van der Waals surface area contributed by atoms with Crippen LogP contribution in [0, 0.1) is 0 Å². The summed E-state index contributed by atoms with van der Waals surface area (Å²) in [7, 11) is 0. The van der Waals surface area contributed by atoms with Crippen LogP contribution in [-0.4, -0.2) is 12.6 Å². The van der Waals surface area contributed by atoms with Crippen LogP contribution in [0.4, 0.5) is 0 Å². The molecule has 2 atom stereocenters. The highest BCUT2D eigenvalue weighted by Gasteiger charge is 2.04. The molecule has 0 aromatic heterocycles. The average molecular weight is 189 g/mol. The largest absolute Gasteiger partial charge is 0.310 e. The van der Waals surface area contributed by atoms with Gasteiger partial charge in [-0.15, -0.1) is 6.58 Å². The number of hydrogen-bond acceptors (Lipinski definition) is 1. The van der Waals surface area contributed by atoms with E-state index >= 15 is 0 Å². The average Bonchev–Trinajstić information content (AvgIpc) is 2.26. The summed E-state index contributed by atoms with van der Waals surface area (Å²) in [5.41, 5.74) is 1.39. The van der Waals surface area contributed by atoms with E-state index in [9.17, 15) is 0 Å². The lowest BCUT2D eigenvalue weighted by atomic mass is 10.0. The maximum atomic E-state index is 3.75. The van der Waals surface area contributed by atoms with E-state index in [1.807, 2.05) is 6.08 Å². The Balaban J connectivity index is 2.43. The smallest absolute Gasteiger partial charge is 0.0219 e. The number of benzene rings is 1. The zero-order valence-electron chi connectivity index (χ0n) is 9.03. The highest BCUT2D eigenvalue weighted by Crippen LogP contribution is 2.13. The second-order valence-electron chi connectivity index (χ2n) is 3.74. The van der Waals surface area contributed by atoms with Crippen LogP contribution in [0.2, 0.25) is 0 Å². The summed E-state index contributed by atoms with van der Waals surface area (Å²) >= 11 is 0. The van der Waals surface area contributed by atoms with Crippen molar-refractivity contribution in [2.75, 3.05) is 6.54 Å². The Morgan fingerprint density at radius 3 is 2.50 bits per heavy atom. The summed E-state index contributed by atoms with van der Waals surface area (Å²) < 4.78 is 0. The first-order valence-corrected chi connectivity index (χ1v) is 5.15. The first-order valence-electron chi connectivity index (χ1n) is 5.15. The zero-order chi connectivity index (χ0) is 10.4. The Morgan fingerprint density at radius 2 is 1.93 bits per heavy atom. The van der Waals surface area contributed by atoms with E-state index in [2.05, 4.69) is 56.1 Å². The normalized spacial score (nSPS) is 14.7. The topological polar surface area (TPSA) is 12.0 Å². The van der Waals surface area contributed by atoms with Gasteiger partial charge in [0.1, 0.15) is 0 Å². The number of hydrogen-bond donors (Lipinski definition) is 1. The standard InChI is InChI=1S/C13H19N/c1-4-12(3)14-10-11(2)13-8-6-5-7-9-13/h4-9,11-12,14H,1,10H2,2-3H3. The second-order valence-corrected chi connectivity index (χ2v) is 3.74. The fourth-order valence-corrected chi connectivity index (χ4v) is 1.35. The van der Waals surface area contributed by atoms with Gasteiger partial charge in [0.25, 0.3) is 0 Å². The molecule has 14 heavy (non-hydrogen) atoms. The minimum absolute atomic E-state index is 0.390. The van der Waals surface area contributed by atoms with Gasteiger partial charge >= 0.3 is 0 Å². The third-order valence-corrected chi connectivity index (χ3v) is 2.47. The number of rotatable bonds is 5. The highest BCUT2D eigenvalue weighted by molar-refractivity contribution is 5.19. The lowest BCUT2D eigenvalue weighted by molar-refractivity contribution is 0.579. The molecule has 0 fully saturated rings. The summed E-state index contributed by atoms with van der Waals surface area (Å²) in [6.45, 7) is 9.10. The molecule has 1 heteroatoms. The monoisotopic (exact) mass is 189 g/mol. The van der Waals surface area contributed by atoms with Gasteiger partial charge in [0.05, 0.1) is 0 Å². The van der Waals surface area contributed by atoms with Crippen LogP contribution in [0.5, 0.6) is 0 Å². The summed E-state index contributed by atoms with van der Waals surface area (Å²) in [4.78, 5) is 0. The molecular formula is C13H19N. The van der Waals surface area contributed by atoms with Gasteiger partial charge in [-0.1, -0.05) is 43.3 Å². The van der Waals surface area contributed by atoms with E-state index < -0.39 is 0 Å². The predicted octanol–water partition coefficient (Wildman–Crippen LogP) is 2.95. The molecule has 0 heterocycles. The molecular weight excluding hydrogens is 170 g/mol. The van der Waals surface area contributed by atoms with Crippen molar-refractivity contribution in [3.8, 4) is 0 Å². The fourth-order valence-electron chi connectivity index (χ4n) is 1.35. The van der Waals surface area contributed by atoms with E-state index in [-0.39, 0.29) is 0 Å². The van der Waals surface area contributed by atoms with Crippen molar-refractivity contribution in [3.05, 3.63) is 48.6 Å². The van der Waals surface area contributed by atoms with E-state index in [1.54, 1.807) is 0 Å². The predicted molar refractivity (Wildman–Crippen MR) is 62.5 cm³/mol. The van der Waals surface area contributed by atoms with Gasteiger partial charge in [-0.2, -0.15) is 0 Å². The van der Waals surface area contributed by atoms with Crippen LogP contribution in [0.3, 0.4) is 0 Å². The quantitative estimate of drug-likeness (QED) is 0.702. The first-order chi connectivity index (χ1) is 6.74. The van der Waals surface area contributed by atoms with Crippen molar-refractivity contribution in [2.45, 2.75) is 25.8 Å². The van der Waals surface area contributed by atoms with Crippen LogP contribution in [0.25, 0.3) is 0 Å². The maximum absolute atomic E-state index is 3.75. The Morgan fingerprint density at radius 1 is 1.29 bits per heavy atom. The fraction of sp³-hybridized carbons (Fsp3) is 0.385. The lowest BCUT2D eigenvalue weighted by Crippen LogP contribution is -2.27. The van der Waals surface area contributed by atoms with Crippen LogP contribution in [0.1, 0.15) is 25.3 Å². The second kappa shape index (κ2) is 5.61. The van der Waals surface area contributed by atoms with Gasteiger partial charge in [0, 0.05) is 12.6 Å². The van der Waals surface area contributed by atoms with E-state index in [4.69, 9.17) is 0 Å². The highest BCUT2D eigenvalue weighted by atomic mass is 14.9. The Kier molecular flexibility index (Phi) is 4.41. The minimum atomic E-state index is 0.390. The molecule has 0 aliphatic heterocycles. The van der Waals surface area contributed by atoms with Crippen molar-refractivity contribution >= 4 is 0 Å². The molecule has 0 spiro atoms. The van der Waals surface area contributed by atoms with Gasteiger partial charge in [0.2, 0.25) is 0 Å². The van der Waals surface area contributed by atoms with E-state index in [1.165, 1.54) is 5.56 Å². The van der Waals surface area contributed by atoms with E-state index in [0.29, 0.717) is 12.0 Å². The van der Waals surface area contributed by atoms with Crippen LogP contribution >= 0.6 is 0 Å². The summed E-state index contributed by atoms with van der Waals surface area (Å²) in [6.07, 6.45) is 1.93. The molecule has 0 saturated heterocycles. The van der Waals surface area contributed by atoms with Gasteiger partial charge in [-0.05, 0) is 18.4 Å². The SMILES string of the molecule is C=CC(C)NCC(C)c1ccccc1. The minimum Gasteiger partial charge on any atom is -0.310 e. The Bertz CT molecular complexity index is 266. The van der Waals surface area contributed by atoms with E-state index in [0.717, 1.165) is 6.54 Å². The summed E-state index contributed by atoms with van der Waals surface area (Å²) in [5.74, 6) is 0.554. The summed E-state index contributed by atoms with van der Waals surface area (Å²) in [6, 6.07) is 11.0. The third-order valence-electron chi connectivity index (χ3n) is 2.47.